The molecule has 3 aromatic rings. The van der Waals surface area contributed by atoms with Gasteiger partial charge >= 0.3 is 5.97 Å². The second-order valence-corrected chi connectivity index (χ2v) is 10.9. The Labute approximate surface area is 235 Å². The molecule has 0 saturated carbocycles. The summed E-state index contributed by atoms with van der Waals surface area (Å²) in [5.41, 5.74) is 4.85. The summed E-state index contributed by atoms with van der Waals surface area (Å²) < 4.78 is 19.0. The Kier molecular flexibility index (Phi) is 10.6. The number of hydrogen-bond donors (Lipinski definition) is 2. The number of benzene rings is 3. The van der Waals surface area contributed by atoms with Crippen LogP contribution >= 0.6 is 31.9 Å². The monoisotopic (exact) mass is 633 g/mol. The fourth-order valence-electron chi connectivity index (χ4n) is 4.19. The van der Waals surface area contributed by atoms with Crippen LogP contribution in [-0.2, 0) is 16.0 Å². The van der Waals surface area contributed by atoms with Crippen molar-refractivity contribution in [2.24, 2.45) is 0 Å². The Morgan fingerprint density at radius 2 is 1.68 bits per heavy atom. The number of aryl methyl sites for hydroxylation is 1. The number of rotatable bonds is 12. The van der Waals surface area contributed by atoms with Gasteiger partial charge in [0.25, 0.3) is 0 Å². The smallest absolute Gasteiger partial charge is 0.307 e. The van der Waals surface area contributed by atoms with Gasteiger partial charge in [-0.15, -0.1) is 0 Å². The number of carboxylic acid groups (broad SMARTS) is 1. The van der Waals surface area contributed by atoms with Gasteiger partial charge < -0.3 is 24.6 Å². The van der Waals surface area contributed by atoms with Gasteiger partial charge in [0.1, 0.15) is 11.5 Å². The lowest BCUT2D eigenvalue weighted by Crippen LogP contribution is -2.26. The number of nitrogens with one attached hydrogen (secondary N) is 1. The molecule has 0 heterocycles. The summed E-state index contributed by atoms with van der Waals surface area (Å²) in [5, 5.41) is 12.8. The van der Waals surface area contributed by atoms with Crippen LogP contribution in [0.15, 0.2) is 57.5 Å². The minimum absolute atomic E-state index is 0.0817. The number of carbonyl (C=O) groups is 1. The first-order valence-corrected chi connectivity index (χ1v) is 13.6. The van der Waals surface area contributed by atoms with E-state index in [1.165, 1.54) is 0 Å². The van der Waals surface area contributed by atoms with Gasteiger partial charge in [-0.1, -0.05) is 43.7 Å². The molecule has 0 bridgehead atoms. The highest BCUT2D eigenvalue weighted by atomic mass is 79.9. The SMILES string of the molecule is COCCNC(c1cccc(C)c1)c1cc(OC)c(C(C)C)cc1Oc1c(Br)cc(CC(=O)O)cc1Br. The molecule has 0 aliphatic carbocycles. The molecule has 0 aromatic heterocycles. The van der Waals surface area contributed by atoms with Crippen LogP contribution in [0.25, 0.3) is 0 Å². The molecule has 3 rings (SSSR count). The van der Waals surface area contributed by atoms with E-state index in [0.29, 0.717) is 39.2 Å². The number of carboxylic acids is 1. The largest absolute Gasteiger partial charge is 0.496 e. The van der Waals surface area contributed by atoms with E-state index in [1.54, 1.807) is 26.4 Å². The first kappa shape index (κ1) is 29.2. The predicted molar refractivity (Wildman–Crippen MR) is 153 cm³/mol. The van der Waals surface area contributed by atoms with Crippen molar-refractivity contribution in [1.82, 2.24) is 5.32 Å². The van der Waals surface area contributed by atoms with Crippen molar-refractivity contribution in [2.45, 2.75) is 39.2 Å². The highest BCUT2D eigenvalue weighted by Gasteiger charge is 2.24. The van der Waals surface area contributed by atoms with Crippen molar-refractivity contribution in [3.8, 4) is 17.2 Å². The molecule has 0 saturated heterocycles. The number of hydrogen-bond acceptors (Lipinski definition) is 5. The van der Waals surface area contributed by atoms with E-state index < -0.39 is 5.97 Å². The summed E-state index contributed by atoms with van der Waals surface area (Å²) in [6, 6.07) is 15.8. The summed E-state index contributed by atoms with van der Waals surface area (Å²) in [6.45, 7) is 7.50. The average molecular weight is 635 g/mol. The number of ether oxygens (including phenoxy) is 3. The van der Waals surface area contributed by atoms with Crippen LogP contribution in [0.5, 0.6) is 17.2 Å². The molecule has 198 valence electrons. The third-order valence-corrected chi connectivity index (χ3v) is 7.13. The maximum Gasteiger partial charge on any atom is 0.307 e. The first-order chi connectivity index (χ1) is 17.6. The molecule has 8 heteroatoms. The van der Waals surface area contributed by atoms with E-state index in [2.05, 4.69) is 76.1 Å². The van der Waals surface area contributed by atoms with Crippen LogP contribution in [0.2, 0.25) is 0 Å². The van der Waals surface area contributed by atoms with E-state index in [9.17, 15) is 9.90 Å². The van der Waals surface area contributed by atoms with Gasteiger partial charge in [-0.25, -0.2) is 0 Å². The molecule has 3 aromatic carbocycles. The number of halogens is 2. The van der Waals surface area contributed by atoms with Gasteiger partial charge in [-0.3, -0.25) is 4.79 Å². The third kappa shape index (κ3) is 7.57. The van der Waals surface area contributed by atoms with Gasteiger partial charge in [-0.2, -0.15) is 0 Å². The normalized spacial score (nSPS) is 12.0. The van der Waals surface area contributed by atoms with Crippen LogP contribution in [0.3, 0.4) is 0 Å². The minimum Gasteiger partial charge on any atom is -0.496 e. The first-order valence-electron chi connectivity index (χ1n) is 12.0. The van der Waals surface area contributed by atoms with Crippen LogP contribution in [-0.4, -0.2) is 38.4 Å². The molecular weight excluding hydrogens is 602 g/mol. The standard InChI is InChI=1S/C29H33Br2NO5/c1-17(2)21-15-26(37-29-23(30)12-19(13-24(29)31)14-27(33)34)22(16-25(21)36-5)28(32-9-10-35-4)20-8-6-7-18(3)11-20/h6-8,11-13,15-17,28,32H,9-10,14H2,1-5H3,(H,33,34). The van der Waals surface area contributed by atoms with Crippen molar-refractivity contribution >= 4 is 37.8 Å². The van der Waals surface area contributed by atoms with E-state index in [4.69, 9.17) is 14.2 Å². The van der Waals surface area contributed by atoms with Gasteiger partial charge in [0.05, 0.1) is 35.1 Å². The molecule has 0 aliphatic heterocycles. The molecule has 37 heavy (non-hydrogen) atoms. The van der Waals surface area contributed by atoms with Gasteiger partial charge in [-0.05, 0) is 80.1 Å². The highest BCUT2D eigenvalue weighted by molar-refractivity contribution is 9.11. The Bertz CT molecular complexity index is 1220. The molecule has 0 aliphatic rings. The molecular formula is C29H33Br2NO5. The second-order valence-electron chi connectivity index (χ2n) is 9.14. The lowest BCUT2D eigenvalue weighted by atomic mass is 9.92. The van der Waals surface area contributed by atoms with Gasteiger partial charge in [0.2, 0.25) is 0 Å². The molecule has 0 radical (unpaired) electrons. The maximum atomic E-state index is 11.2. The van der Waals surface area contributed by atoms with E-state index >= 15 is 0 Å². The lowest BCUT2D eigenvalue weighted by Gasteiger charge is -2.26. The van der Waals surface area contributed by atoms with E-state index in [1.807, 2.05) is 18.2 Å². The van der Waals surface area contributed by atoms with Crippen LogP contribution in [0.4, 0.5) is 0 Å². The van der Waals surface area contributed by atoms with Crippen LogP contribution in [0, 0.1) is 6.92 Å². The lowest BCUT2D eigenvalue weighted by molar-refractivity contribution is -0.136. The van der Waals surface area contributed by atoms with E-state index in [0.717, 1.165) is 28.0 Å². The van der Waals surface area contributed by atoms with Gasteiger partial charge in [0, 0.05) is 24.8 Å². The van der Waals surface area contributed by atoms with Gasteiger partial charge in [0.15, 0.2) is 5.75 Å². The average Bonchev–Trinajstić information content (AvgIpc) is 2.83. The molecule has 0 amide bonds. The van der Waals surface area contributed by atoms with Crippen molar-refractivity contribution in [1.29, 1.82) is 0 Å². The van der Waals surface area contributed by atoms with Crippen LogP contribution in [0.1, 0.15) is 53.6 Å². The zero-order valence-corrected chi connectivity index (χ0v) is 24.9. The fraction of sp³-hybridized carbons (Fsp3) is 0.345. The molecule has 2 N–H and O–H groups in total. The summed E-state index contributed by atoms with van der Waals surface area (Å²) >= 11 is 7.17. The van der Waals surface area contributed by atoms with E-state index in [-0.39, 0.29) is 18.4 Å². The van der Waals surface area contributed by atoms with Crippen LogP contribution < -0.4 is 14.8 Å². The summed E-state index contributed by atoms with van der Waals surface area (Å²) in [4.78, 5) is 11.2. The topological polar surface area (TPSA) is 77.0 Å². The summed E-state index contributed by atoms with van der Waals surface area (Å²) in [6.07, 6.45) is -0.0817. The predicted octanol–water partition coefficient (Wildman–Crippen LogP) is 7.40. The highest BCUT2D eigenvalue weighted by Crippen LogP contribution is 2.44. The van der Waals surface area contributed by atoms with Crippen molar-refractivity contribution in [3.05, 3.63) is 85.3 Å². The van der Waals surface area contributed by atoms with Crippen molar-refractivity contribution in [2.75, 3.05) is 27.4 Å². The zero-order valence-electron chi connectivity index (χ0n) is 21.7. The molecule has 1 atom stereocenters. The summed E-state index contributed by atoms with van der Waals surface area (Å²) in [7, 11) is 3.36. The van der Waals surface area contributed by atoms with Crippen molar-refractivity contribution < 1.29 is 24.1 Å². The zero-order chi connectivity index (χ0) is 27.1. The van der Waals surface area contributed by atoms with Crippen molar-refractivity contribution in [3.63, 3.8) is 0 Å². The molecule has 0 fully saturated rings. The second kappa shape index (κ2) is 13.4. The molecule has 0 spiro atoms. The molecule has 1 unspecified atom stereocenters. The Morgan fingerprint density at radius 1 is 1.00 bits per heavy atom. The molecule has 6 nitrogen and oxygen atoms in total. The quantitative estimate of drug-likeness (QED) is 0.202. The Morgan fingerprint density at radius 3 is 2.24 bits per heavy atom. The Hall–Kier alpha value is -2.39. The fourth-order valence-corrected chi connectivity index (χ4v) is 5.64. The number of methoxy groups -OCH3 is 2. The third-order valence-electron chi connectivity index (χ3n) is 5.95. The summed E-state index contributed by atoms with van der Waals surface area (Å²) in [5.74, 6) is 1.34. The minimum atomic E-state index is -0.894. The number of aliphatic carboxylic acids is 1. The maximum absolute atomic E-state index is 11.2. The Balaban J connectivity index is 2.18.